The lowest BCUT2D eigenvalue weighted by Crippen LogP contribution is -1.75. The number of hydrogen-bond acceptors (Lipinski definition) is 0. The van der Waals surface area contributed by atoms with Gasteiger partial charge in [-0.25, -0.2) is 0 Å². The highest BCUT2D eigenvalue weighted by Gasteiger charge is 2.62. The van der Waals surface area contributed by atoms with E-state index >= 15 is 0 Å². The number of hydrogen-bond donors (Lipinski definition) is 0. The van der Waals surface area contributed by atoms with Crippen LogP contribution in [0.25, 0.3) is 0 Å². The summed E-state index contributed by atoms with van der Waals surface area (Å²) < 4.78 is 0. The van der Waals surface area contributed by atoms with Gasteiger partial charge in [-0.2, -0.15) is 0 Å². The van der Waals surface area contributed by atoms with Crippen molar-refractivity contribution in [2.45, 2.75) is 19.3 Å². The fraction of sp³-hybridized carbons (Fsp3) is 0.857. The molecule has 0 heterocycles. The van der Waals surface area contributed by atoms with Gasteiger partial charge < -0.3 is 0 Å². The fourth-order valence-corrected chi connectivity index (χ4v) is 2.68. The topological polar surface area (TPSA) is 0 Å². The SMILES string of the molecule is C1[C]2CC3C1C3C2. The molecule has 0 spiro atoms. The summed E-state index contributed by atoms with van der Waals surface area (Å²) in [5.41, 5.74) is 0. The standard InChI is InChI=1S/C7H9/c1-4-2-6-5(1)7(6)3-4/h5-7H,1-3H2. The zero-order chi connectivity index (χ0) is 4.43. The van der Waals surface area contributed by atoms with E-state index in [0.717, 1.165) is 0 Å². The molecule has 37 valence electrons. The highest BCUT2D eigenvalue weighted by molar-refractivity contribution is 5.24. The Bertz CT molecular complexity index is 87.4. The number of rotatable bonds is 0. The van der Waals surface area contributed by atoms with Gasteiger partial charge in [-0.1, -0.05) is 0 Å². The van der Waals surface area contributed by atoms with Crippen molar-refractivity contribution in [3.63, 3.8) is 0 Å². The third-order valence-electron chi connectivity index (χ3n) is 3.08. The smallest absolute Gasteiger partial charge is 0.0232 e. The molecule has 0 aromatic carbocycles. The van der Waals surface area contributed by atoms with Crippen molar-refractivity contribution in [1.29, 1.82) is 0 Å². The average molecular weight is 93.1 g/mol. The van der Waals surface area contributed by atoms with Crippen molar-refractivity contribution in [3.8, 4) is 0 Å². The summed E-state index contributed by atoms with van der Waals surface area (Å²) in [6.45, 7) is 0. The van der Waals surface area contributed by atoms with Gasteiger partial charge in [0.15, 0.2) is 0 Å². The Morgan fingerprint density at radius 2 is 1.29 bits per heavy atom. The van der Waals surface area contributed by atoms with E-state index in [4.69, 9.17) is 0 Å². The Hall–Kier alpha value is 0. The van der Waals surface area contributed by atoms with Gasteiger partial charge in [0.25, 0.3) is 0 Å². The summed E-state index contributed by atoms with van der Waals surface area (Å²) in [6, 6.07) is 0. The van der Waals surface area contributed by atoms with E-state index in [0.29, 0.717) is 0 Å². The normalized spacial score (nSPS) is 64.3. The van der Waals surface area contributed by atoms with Crippen LogP contribution in [-0.2, 0) is 0 Å². The first-order chi connectivity index (χ1) is 3.45. The second-order valence-electron chi connectivity index (χ2n) is 3.35. The molecule has 4 aliphatic carbocycles. The molecule has 0 heteroatoms. The molecule has 0 saturated heterocycles. The third-order valence-corrected chi connectivity index (χ3v) is 3.08. The molecule has 4 bridgehead atoms. The second-order valence-corrected chi connectivity index (χ2v) is 3.35. The van der Waals surface area contributed by atoms with Crippen molar-refractivity contribution < 1.29 is 0 Å². The predicted molar refractivity (Wildman–Crippen MR) is 27.6 cm³/mol. The van der Waals surface area contributed by atoms with Gasteiger partial charge in [-0.15, -0.1) is 0 Å². The summed E-state index contributed by atoms with van der Waals surface area (Å²) in [5.74, 6) is 5.56. The molecule has 4 aliphatic rings. The lowest BCUT2D eigenvalue weighted by Gasteiger charge is -1.90. The van der Waals surface area contributed by atoms with Crippen molar-refractivity contribution in [2.24, 2.45) is 17.8 Å². The van der Waals surface area contributed by atoms with Crippen LogP contribution in [0.15, 0.2) is 0 Å². The summed E-state index contributed by atoms with van der Waals surface area (Å²) in [7, 11) is 0. The molecule has 0 nitrogen and oxygen atoms in total. The Morgan fingerprint density at radius 1 is 0.857 bits per heavy atom. The van der Waals surface area contributed by atoms with Crippen LogP contribution in [0.2, 0.25) is 0 Å². The maximum absolute atomic E-state index is 1.90. The minimum Gasteiger partial charge on any atom is -0.0436 e. The third kappa shape index (κ3) is 0.198. The maximum atomic E-state index is 1.90. The molecule has 4 fully saturated rings. The van der Waals surface area contributed by atoms with Crippen LogP contribution in [0.3, 0.4) is 0 Å². The summed E-state index contributed by atoms with van der Waals surface area (Å²) in [6.07, 6.45) is 4.61. The van der Waals surface area contributed by atoms with Crippen molar-refractivity contribution in [2.75, 3.05) is 0 Å². The van der Waals surface area contributed by atoms with E-state index in [1.165, 1.54) is 37.0 Å². The molecule has 0 aromatic rings. The Morgan fingerprint density at radius 3 is 1.43 bits per heavy atom. The minimum absolute atomic E-state index is 1.22. The largest absolute Gasteiger partial charge is 0.0436 e. The van der Waals surface area contributed by atoms with Crippen LogP contribution >= 0.6 is 0 Å². The van der Waals surface area contributed by atoms with Crippen LogP contribution in [0.5, 0.6) is 0 Å². The molecular weight excluding hydrogens is 84.1 g/mol. The summed E-state index contributed by atoms with van der Waals surface area (Å²) in [5, 5.41) is 0. The first-order valence-corrected chi connectivity index (χ1v) is 3.29. The molecule has 0 aromatic heterocycles. The van der Waals surface area contributed by atoms with Gasteiger partial charge in [0.05, 0.1) is 0 Å². The predicted octanol–water partition coefficient (Wildman–Crippen LogP) is 1.62. The van der Waals surface area contributed by atoms with E-state index < -0.39 is 0 Å². The molecule has 0 amide bonds. The van der Waals surface area contributed by atoms with E-state index in [-0.39, 0.29) is 0 Å². The van der Waals surface area contributed by atoms with E-state index in [1.54, 1.807) is 0 Å². The molecule has 4 rings (SSSR count). The van der Waals surface area contributed by atoms with E-state index in [1.807, 2.05) is 5.92 Å². The molecule has 0 aliphatic heterocycles. The maximum Gasteiger partial charge on any atom is -0.0232 e. The molecule has 7 heavy (non-hydrogen) atoms. The molecule has 0 unspecified atom stereocenters. The van der Waals surface area contributed by atoms with Crippen LogP contribution < -0.4 is 0 Å². The van der Waals surface area contributed by atoms with Gasteiger partial charge in [0.2, 0.25) is 0 Å². The zero-order valence-corrected chi connectivity index (χ0v) is 4.35. The molecule has 0 atom stereocenters. The van der Waals surface area contributed by atoms with Crippen molar-refractivity contribution in [1.82, 2.24) is 0 Å². The monoisotopic (exact) mass is 93.1 g/mol. The van der Waals surface area contributed by atoms with Crippen molar-refractivity contribution in [3.05, 3.63) is 5.92 Å². The van der Waals surface area contributed by atoms with Gasteiger partial charge in [-0.05, 0) is 42.9 Å². The second kappa shape index (κ2) is 0.667. The summed E-state index contributed by atoms with van der Waals surface area (Å²) >= 11 is 0. The quantitative estimate of drug-likeness (QED) is 0.427. The van der Waals surface area contributed by atoms with Crippen molar-refractivity contribution >= 4 is 0 Å². The van der Waals surface area contributed by atoms with Gasteiger partial charge in [-0.3, -0.25) is 0 Å². The van der Waals surface area contributed by atoms with Crippen LogP contribution in [0.4, 0.5) is 0 Å². The van der Waals surface area contributed by atoms with E-state index in [2.05, 4.69) is 0 Å². The van der Waals surface area contributed by atoms with Gasteiger partial charge in [0.1, 0.15) is 0 Å². The zero-order valence-electron chi connectivity index (χ0n) is 4.35. The summed E-state index contributed by atoms with van der Waals surface area (Å²) in [4.78, 5) is 0. The molecule has 4 saturated carbocycles. The Kier molecular flexibility index (Phi) is 0.296. The van der Waals surface area contributed by atoms with Crippen LogP contribution in [-0.4, -0.2) is 0 Å². The van der Waals surface area contributed by atoms with Crippen LogP contribution in [0, 0.1) is 23.7 Å². The Labute approximate surface area is 43.9 Å². The molecular formula is C7H9. The van der Waals surface area contributed by atoms with E-state index in [9.17, 15) is 0 Å². The minimum atomic E-state index is 1.22. The highest BCUT2D eigenvalue weighted by atomic mass is 14.7. The van der Waals surface area contributed by atoms with Gasteiger partial charge in [0, 0.05) is 0 Å². The Balaban J connectivity index is 2.17. The molecule has 0 N–H and O–H groups in total. The van der Waals surface area contributed by atoms with Crippen LogP contribution in [0.1, 0.15) is 19.3 Å². The first kappa shape index (κ1) is 3.11. The lowest BCUT2D eigenvalue weighted by molar-refractivity contribution is 0.834. The molecule has 1 radical (unpaired) electrons. The average Bonchev–Trinajstić information content (AvgIpc) is 2.10. The highest BCUT2D eigenvalue weighted by Crippen LogP contribution is 2.71. The van der Waals surface area contributed by atoms with Gasteiger partial charge >= 0.3 is 0 Å². The first-order valence-electron chi connectivity index (χ1n) is 3.29. The fourth-order valence-electron chi connectivity index (χ4n) is 2.68. The lowest BCUT2D eigenvalue weighted by atomic mass is 10.1.